The summed E-state index contributed by atoms with van der Waals surface area (Å²) in [5.74, 6) is -7.87. The summed E-state index contributed by atoms with van der Waals surface area (Å²) < 4.78 is 88.6. The minimum absolute atomic E-state index is 0. The zero-order chi connectivity index (χ0) is 28.5. The SMILES string of the molecule is N#Cc1nn([BH-](n2nc(C#N)c3cc(F)c(F)cc32)n2nc(C#N)c3cc(F)c(F)cc32)c2cc(F)c(F)cc12.[Li+]. The molecule has 194 valence electrons. The van der Waals surface area contributed by atoms with E-state index >= 15 is 0 Å². The third-order valence-corrected chi connectivity index (χ3v) is 6.50. The second-order valence-electron chi connectivity index (χ2n) is 8.65. The van der Waals surface area contributed by atoms with Crippen LogP contribution in [0.25, 0.3) is 32.7 Å². The molecular formula is C24H7BF6LiN9. The van der Waals surface area contributed by atoms with Gasteiger partial charge in [-0.15, -0.1) is 0 Å². The van der Waals surface area contributed by atoms with Crippen molar-refractivity contribution in [2.24, 2.45) is 0 Å². The van der Waals surface area contributed by atoms with Crippen LogP contribution in [0.15, 0.2) is 36.4 Å². The average molecular weight is 553 g/mol. The molecule has 0 radical (unpaired) electrons. The van der Waals surface area contributed by atoms with Gasteiger partial charge in [-0.2, -0.15) is 15.8 Å². The van der Waals surface area contributed by atoms with E-state index in [0.29, 0.717) is 18.2 Å². The molecule has 0 unspecified atom stereocenters. The molecule has 0 atom stereocenters. The molecule has 0 spiro atoms. The van der Waals surface area contributed by atoms with Crippen molar-refractivity contribution in [2.75, 3.05) is 0 Å². The van der Waals surface area contributed by atoms with Crippen molar-refractivity contribution in [1.82, 2.24) is 29.1 Å². The van der Waals surface area contributed by atoms with Crippen molar-refractivity contribution in [3.8, 4) is 18.2 Å². The van der Waals surface area contributed by atoms with E-state index in [4.69, 9.17) is 0 Å². The van der Waals surface area contributed by atoms with Gasteiger partial charge in [-0.25, -0.2) is 41.6 Å². The summed E-state index contributed by atoms with van der Waals surface area (Å²) in [5, 5.41) is 40.9. The normalized spacial score (nSPS) is 11.1. The van der Waals surface area contributed by atoms with Crippen molar-refractivity contribution in [3.05, 3.63) is 88.4 Å². The summed E-state index contributed by atoms with van der Waals surface area (Å²) >= 11 is 0. The molecule has 0 aliphatic carbocycles. The first-order chi connectivity index (χ1) is 19.2. The molecule has 3 aromatic heterocycles. The number of nitrogens with zero attached hydrogens (tertiary/aromatic N) is 9. The van der Waals surface area contributed by atoms with Crippen molar-refractivity contribution in [1.29, 1.82) is 15.8 Å². The molecule has 0 saturated carbocycles. The minimum atomic E-state index is -2.94. The van der Waals surface area contributed by atoms with Gasteiger partial charge < -0.3 is 13.8 Å². The number of rotatable bonds is 3. The molecule has 6 rings (SSSR count). The maximum Gasteiger partial charge on any atom is 1.00 e. The van der Waals surface area contributed by atoms with E-state index in [2.05, 4.69) is 15.3 Å². The molecule has 6 aromatic rings. The van der Waals surface area contributed by atoms with Gasteiger partial charge in [0, 0.05) is 32.7 Å². The second kappa shape index (κ2) is 9.76. The van der Waals surface area contributed by atoms with Gasteiger partial charge in [-0.05, 0) is 36.4 Å². The van der Waals surface area contributed by atoms with Crippen molar-refractivity contribution >= 4 is 39.8 Å². The van der Waals surface area contributed by atoms with Gasteiger partial charge in [-0.3, -0.25) is 0 Å². The molecule has 0 amide bonds. The number of halogens is 6. The number of nitriles is 3. The van der Waals surface area contributed by atoms with E-state index in [9.17, 15) is 42.1 Å². The Balaban J connectivity index is 0.00000337. The predicted octanol–water partition coefficient (Wildman–Crippen LogP) is 0.851. The van der Waals surface area contributed by atoms with Gasteiger partial charge in [0.2, 0.25) is 0 Å². The molecule has 3 aromatic carbocycles. The Morgan fingerprint density at radius 2 is 0.732 bits per heavy atom. The molecule has 0 saturated heterocycles. The van der Waals surface area contributed by atoms with Crippen LogP contribution in [0.1, 0.15) is 17.1 Å². The zero-order valence-corrected chi connectivity index (χ0v) is 20.5. The number of benzene rings is 3. The fraction of sp³-hybridized carbons (Fsp3) is 0. The molecule has 0 N–H and O–H groups in total. The van der Waals surface area contributed by atoms with Crippen molar-refractivity contribution < 1.29 is 45.2 Å². The number of hydrogen-bond acceptors (Lipinski definition) is 6. The van der Waals surface area contributed by atoms with Gasteiger partial charge in [-0.1, -0.05) is 0 Å². The second-order valence-corrected chi connectivity index (χ2v) is 8.65. The molecule has 41 heavy (non-hydrogen) atoms. The van der Waals surface area contributed by atoms with Crippen LogP contribution in [0, 0.1) is 68.9 Å². The average Bonchev–Trinajstić information content (AvgIpc) is 3.57. The van der Waals surface area contributed by atoms with E-state index in [1.807, 2.05) is 0 Å². The van der Waals surface area contributed by atoms with Crippen LogP contribution in [-0.4, -0.2) is 36.2 Å². The van der Waals surface area contributed by atoms with E-state index in [1.54, 1.807) is 18.2 Å². The van der Waals surface area contributed by atoms with E-state index in [0.717, 1.165) is 32.0 Å². The molecule has 0 bridgehead atoms. The first-order valence-electron chi connectivity index (χ1n) is 11.2. The molecular weight excluding hydrogens is 546 g/mol. The first kappa shape index (κ1) is 27.4. The van der Waals surface area contributed by atoms with Crippen LogP contribution in [-0.2, 0) is 0 Å². The van der Waals surface area contributed by atoms with Gasteiger partial charge >= 0.3 is 26.0 Å². The Hall–Kier alpha value is -5.22. The standard InChI is InChI=1S/C24H7BF6N9.Li/c26-13-1-10-19(7-32)35-38(22(10)4-16(13)29)25(39-23-5-17(30)14(27)2-11(23)20(8-33)36-39)40-24-6-18(31)15(28)3-12(24)21(9-34)37-40;/h1-6,25H;/q-1;+1. The Morgan fingerprint density at radius 3 is 0.976 bits per heavy atom. The molecule has 17 heteroatoms. The van der Waals surface area contributed by atoms with Gasteiger partial charge in [0.15, 0.2) is 52.0 Å². The fourth-order valence-corrected chi connectivity index (χ4v) is 4.78. The van der Waals surface area contributed by atoms with Crippen molar-refractivity contribution in [3.63, 3.8) is 0 Å². The predicted molar refractivity (Wildman–Crippen MR) is 126 cm³/mol. The number of aromatic nitrogens is 6. The summed E-state index contributed by atoms with van der Waals surface area (Å²) in [7, 11) is -2.94. The topological polar surface area (TPSA) is 125 Å². The van der Waals surface area contributed by atoms with E-state index in [-0.39, 0.29) is 68.7 Å². The quantitative estimate of drug-likeness (QED) is 0.237. The fourth-order valence-electron chi connectivity index (χ4n) is 4.78. The van der Waals surface area contributed by atoms with Crippen LogP contribution in [0.4, 0.5) is 26.3 Å². The summed E-state index contributed by atoms with van der Waals surface area (Å²) in [6, 6.07) is 9.54. The summed E-state index contributed by atoms with van der Waals surface area (Å²) in [4.78, 5) is 0. The van der Waals surface area contributed by atoms with Gasteiger partial charge in [0.1, 0.15) is 18.2 Å². The largest absolute Gasteiger partial charge is 1.00 e. The molecule has 0 aliphatic rings. The number of hydrogen-bond donors (Lipinski definition) is 0. The summed E-state index contributed by atoms with van der Waals surface area (Å²) in [6.07, 6.45) is 0. The Bertz CT molecular complexity index is 1960. The van der Waals surface area contributed by atoms with E-state index < -0.39 is 42.0 Å². The van der Waals surface area contributed by atoms with E-state index in [1.165, 1.54) is 0 Å². The molecule has 3 heterocycles. The Morgan fingerprint density at radius 1 is 0.488 bits per heavy atom. The Labute approximate surface area is 236 Å². The minimum Gasteiger partial charge on any atom is -0.395 e. The smallest absolute Gasteiger partial charge is 0.395 e. The van der Waals surface area contributed by atoms with Gasteiger partial charge in [0.05, 0.1) is 0 Å². The third kappa shape index (κ3) is 3.99. The monoisotopic (exact) mass is 553 g/mol. The maximum absolute atomic E-state index is 14.4. The molecule has 0 aliphatic heterocycles. The summed E-state index contributed by atoms with van der Waals surface area (Å²) in [6.45, 7) is 0. The molecule has 9 nitrogen and oxygen atoms in total. The maximum atomic E-state index is 14.4. The van der Waals surface area contributed by atoms with Gasteiger partial charge in [0.25, 0.3) is 0 Å². The zero-order valence-electron chi connectivity index (χ0n) is 20.5. The first-order valence-corrected chi connectivity index (χ1v) is 11.2. The van der Waals surface area contributed by atoms with Crippen LogP contribution < -0.4 is 18.9 Å². The number of fused-ring (bicyclic) bond motifs is 3. The third-order valence-electron chi connectivity index (χ3n) is 6.50. The van der Waals surface area contributed by atoms with Crippen LogP contribution in [0.2, 0.25) is 0 Å². The molecule has 0 fully saturated rings. The van der Waals surface area contributed by atoms with Crippen molar-refractivity contribution in [2.45, 2.75) is 0 Å². The van der Waals surface area contributed by atoms with Crippen LogP contribution >= 0.6 is 0 Å². The van der Waals surface area contributed by atoms with Crippen LogP contribution in [0.3, 0.4) is 0 Å². The summed E-state index contributed by atoms with van der Waals surface area (Å²) in [5.41, 5.74) is -1.71. The Kier molecular flexibility index (Phi) is 6.51. The van der Waals surface area contributed by atoms with Crippen LogP contribution in [0.5, 0.6) is 0 Å².